The van der Waals surface area contributed by atoms with Crippen LogP contribution in [0.1, 0.15) is 32.5 Å². The van der Waals surface area contributed by atoms with Crippen LogP contribution in [-0.4, -0.2) is 39.6 Å². The lowest BCUT2D eigenvalue weighted by Gasteiger charge is -2.13. The van der Waals surface area contributed by atoms with Gasteiger partial charge in [-0.3, -0.25) is 4.79 Å². The SMILES string of the molecule is COc1ccc(SC(C)C(=O)NCCn2cnnc2C(C)C)cc1. The molecule has 2 rings (SSSR count). The molecular formula is C17H24N4O2S. The third kappa shape index (κ3) is 4.99. The van der Waals surface area contributed by atoms with E-state index in [9.17, 15) is 4.79 Å². The van der Waals surface area contributed by atoms with Gasteiger partial charge in [-0.1, -0.05) is 13.8 Å². The maximum Gasteiger partial charge on any atom is 0.233 e. The molecule has 0 aliphatic rings. The highest BCUT2D eigenvalue weighted by Gasteiger charge is 2.14. The largest absolute Gasteiger partial charge is 0.497 e. The van der Waals surface area contributed by atoms with Crippen molar-refractivity contribution in [3.8, 4) is 5.75 Å². The van der Waals surface area contributed by atoms with Crippen LogP contribution in [0.4, 0.5) is 0 Å². The summed E-state index contributed by atoms with van der Waals surface area (Å²) in [6, 6.07) is 7.71. The number of thioether (sulfide) groups is 1. The molecule has 7 heteroatoms. The van der Waals surface area contributed by atoms with Crippen molar-refractivity contribution in [2.24, 2.45) is 0 Å². The highest BCUT2D eigenvalue weighted by Crippen LogP contribution is 2.25. The Morgan fingerprint density at radius 1 is 1.29 bits per heavy atom. The van der Waals surface area contributed by atoms with Crippen molar-refractivity contribution in [2.75, 3.05) is 13.7 Å². The third-order valence-corrected chi connectivity index (χ3v) is 4.67. The topological polar surface area (TPSA) is 69.0 Å². The van der Waals surface area contributed by atoms with Gasteiger partial charge in [-0.2, -0.15) is 0 Å². The Hall–Kier alpha value is -2.02. The summed E-state index contributed by atoms with van der Waals surface area (Å²) in [5.74, 6) is 2.08. The molecule has 1 N–H and O–H groups in total. The Balaban J connectivity index is 1.79. The summed E-state index contributed by atoms with van der Waals surface area (Å²) < 4.78 is 7.11. The molecule has 1 aromatic heterocycles. The highest BCUT2D eigenvalue weighted by atomic mass is 32.2. The van der Waals surface area contributed by atoms with E-state index in [1.807, 2.05) is 35.8 Å². The molecule has 1 atom stereocenters. The first kappa shape index (κ1) is 18.3. The molecule has 0 saturated carbocycles. The monoisotopic (exact) mass is 348 g/mol. The number of ether oxygens (including phenoxy) is 1. The maximum absolute atomic E-state index is 12.2. The summed E-state index contributed by atoms with van der Waals surface area (Å²) in [5.41, 5.74) is 0. The number of hydrogen-bond acceptors (Lipinski definition) is 5. The van der Waals surface area contributed by atoms with Crippen LogP contribution >= 0.6 is 11.8 Å². The molecule has 1 amide bonds. The van der Waals surface area contributed by atoms with E-state index in [4.69, 9.17) is 4.74 Å². The average molecular weight is 348 g/mol. The summed E-state index contributed by atoms with van der Waals surface area (Å²) in [6.45, 7) is 7.29. The number of nitrogens with one attached hydrogen (secondary N) is 1. The molecule has 130 valence electrons. The van der Waals surface area contributed by atoms with E-state index in [0.29, 0.717) is 19.0 Å². The van der Waals surface area contributed by atoms with Gasteiger partial charge in [0.05, 0.1) is 12.4 Å². The number of aromatic nitrogens is 3. The Kier molecular flexibility index (Phi) is 6.66. The van der Waals surface area contributed by atoms with E-state index in [-0.39, 0.29) is 11.2 Å². The van der Waals surface area contributed by atoms with E-state index in [2.05, 4.69) is 29.4 Å². The molecule has 24 heavy (non-hydrogen) atoms. The van der Waals surface area contributed by atoms with Crippen molar-refractivity contribution < 1.29 is 9.53 Å². The van der Waals surface area contributed by atoms with Crippen molar-refractivity contribution >= 4 is 17.7 Å². The molecular weight excluding hydrogens is 324 g/mol. The van der Waals surface area contributed by atoms with Crippen molar-refractivity contribution in [2.45, 2.75) is 43.4 Å². The zero-order valence-corrected chi connectivity index (χ0v) is 15.3. The summed E-state index contributed by atoms with van der Waals surface area (Å²) in [5, 5.41) is 10.8. The number of amides is 1. The fourth-order valence-corrected chi connectivity index (χ4v) is 3.13. The molecule has 0 saturated heterocycles. The van der Waals surface area contributed by atoms with Gasteiger partial charge in [0.25, 0.3) is 0 Å². The van der Waals surface area contributed by atoms with Crippen LogP contribution in [0.25, 0.3) is 0 Å². The lowest BCUT2D eigenvalue weighted by Crippen LogP contribution is -2.33. The summed E-state index contributed by atoms with van der Waals surface area (Å²) in [7, 11) is 1.64. The highest BCUT2D eigenvalue weighted by molar-refractivity contribution is 8.00. The fraction of sp³-hybridized carbons (Fsp3) is 0.471. The maximum atomic E-state index is 12.2. The normalized spacial score (nSPS) is 12.2. The second kappa shape index (κ2) is 8.73. The quantitative estimate of drug-likeness (QED) is 0.743. The van der Waals surface area contributed by atoms with Crippen LogP contribution in [0.3, 0.4) is 0 Å². The predicted octanol–water partition coefficient (Wildman–Crippen LogP) is 2.71. The van der Waals surface area contributed by atoms with Crippen molar-refractivity contribution in [3.05, 3.63) is 36.4 Å². The van der Waals surface area contributed by atoms with Crippen LogP contribution in [0.5, 0.6) is 5.75 Å². The Morgan fingerprint density at radius 2 is 2.00 bits per heavy atom. The van der Waals surface area contributed by atoms with E-state index in [0.717, 1.165) is 16.5 Å². The van der Waals surface area contributed by atoms with Gasteiger partial charge in [0.15, 0.2) is 0 Å². The number of rotatable bonds is 8. The number of hydrogen-bond donors (Lipinski definition) is 1. The first-order valence-electron chi connectivity index (χ1n) is 7.97. The minimum atomic E-state index is -0.163. The zero-order valence-electron chi connectivity index (χ0n) is 14.5. The standard InChI is InChI=1S/C17H24N4O2S/c1-12(2)16-20-19-11-21(16)10-9-18-17(22)13(3)24-15-7-5-14(23-4)6-8-15/h5-8,11-13H,9-10H2,1-4H3,(H,18,22). The van der Waals surface area contributed by atoms with Gasteiger partial charge >= 0.3 is 0 Å². The summed E-state index contributed by atoms with van der Waals surface area (Å²) in [4.78, 5) is 13.3. The van der Waals surface area contributed by atoms with Crippen LogP contribution < -0.4 is 10.1 Å². The van der Waals surface area contributed by atoms with Crippen molar-refractivity contribution in [1.29, 1.82) is 0 Å². The van der Waals surface area contributed by atoms with Gasteiger partial charge in [0.1, 0.15) is 17.9 Å². The van der Waals surface area contributed by atoms with E-state index >= 15 is 0 Å². The smallest absolute Gasteiger partial charge is 0.233 e. The Bertz CT molecular complexity index is 655. The Labute approximate surface area is 147 Å². The van der Waals surface area contributed by atoms with Crippen LogP contribution in [0.2, 0.25) is 0 Å². The lowest BCUT2D eigenvalue weighted by atomic mass is 10.2. The van der Waals surface area contributed by atoms with Gasteiger partial charge in [-0.05, 0) is 31.2 Å². The molecule has 0 radical (unpaired) electrons. The number of benzene rings is 1. The number of methoxy groups -OCH3 is 1. The first-order chi connectivity index (χ1) is 11.5. The van der Waals surface area contributed by atoms with E-state index in [1.165, 1.54) is 11.8 Å². The number of nitrogens with zero attached hydrogens (tertiary/aromatic N) is 3. The molecule has 1 unspecified atom stereocenters. The minimum absolute atomic E-state index is 0.0231. The van der Waals surface area contributed by atoms with E-state index < -0.39 is 0 Å². The molecule has 0 spiro atoms. The lowest BCUT2D eigenvalue weighted by molar-refractivity contribution is -0.120. The second-order valence-corrected chi connectivity index (χ2v) is 7.18. The molecule has 6 nitrogen and oxygen atoms in total. The van der Waals surface area contributed by atoms with Gasteiger partial charge in [-0.15, -0.1) is 22.0 Å². The van der Waals surface area contributed by atoms with Gasteiger partial charge < -0.3 is 14.6 Å². The Morgan fingerprint density at radius 3 is 2.62 bits per heavy atom. The number of carbonyl (C=O) groups is 1. The molecule has 0 aliphatic heterocycles. The summed E-state index contributed by atoms with van der Waals surface area (Å²) in [6.07, 6.45) is 1.71. The molecule has 0 bridgehead atoms. The molecule has 0 aliphatic carbocycles. The van der Waals surface area contributed by atoms with Gasteiger partial charge in [0.2, 0.25) is 5.91 Å². The fourth-order valence-electron chi connectivity index (χ4n) is 2.24. The van der Waals surface area contributed by atoms with Crippen LogP contribution in [0.15, 0.2) is 35.5 Å². The van der Waals surface area contributed by atoms with Crippen LogP contribution in [-0.2, 0) is 11.3 Å². The molecule has 1 aromatic carbocycles. The van der Waals surface area contributed by atoms with Gasteiger partial charge in [-0.25, -0.2) is 0 Å². The first-order valence-corrected chi connectivity index (χ1v) is 8.85. The predicted molar refractivity (Wildman–Crippen MR) is 95.4 cm³/mol. The van der Waals surface area contributed by atoms with E-state index in [1.54, 1.807) is 13.4 Å². The summed E-state index contributed by atoms with van der Waals surface area (Å²) >= 11 is 1.53. The van der Waals surface area contributed by atoms with Crippen molar-refractivity contribution in [3.63, 3.8) is 0 Å². The average Bonchev–Trinajstić information content (AvgIpc) is 3.04. The van der Waals surface area contributed by atoms with Crippen LogP contribution in [0, 0.1) is 0 Å². The third-order valence-electron chi connectivity index (χ3n) is 3.56. The second-order valence-electron chi connectivity index (χ2n) is 5.76. The minimum Gasteiger partial charge on any atom is -0.497 e. The molecule has 1 heterocycles. The molecule has 2 aromatic rings. The zero-order chi connectivity index (χ0) is 17.5. The van der Waals surface area contributed by atoms with Gasteiger partial charge in [0, 0.05) is 23.9 Å². The van der Waals surface area contributed by atoms with Crippen molar-refractivity contribution in [1.82, 2.24) is 20.1 Å². The number of carbonyl (C=O) groups excluding carboxylic acids is 1. The molecule has 0 fully saturated rings.